The van der Waals surface area contributed by atoms with Crippen molar-refractivity contribution in [3.63, 3.8) is 0 Å². The zero-order valence-electron chi connectivity index (χ0n) is 21.3. The van der Waals surface area contributed by atoms with Crippen LogP contribution in [0.15, 0.2) is 36.7 Å². The lowest BCUT2D eigenvalue weighted by molar-refractivity contribution is -0.165. The van der Waals surface area contributed by atoms with E-state index in [1.54, 1.807) is 13.2 Å². The number of primary amides is 1. The Kier molecular flexibility index (Phi) is 6.22. The van der Waals surface area contributed by atoms with E-state index in [4.69, 9.17) is 20.3 Å². The lowest BCUT2D eigenvalue weighted by Gasteiger charge is -2.51. The van der Waals surface area contributed by atoms with Crippen LogP contribution in [0.5, 0.6) is 5.75 Å². The molecule has 2 aromatic heterocycles. The Morgan fingerprint density at radius 1 is 1.16 bits per heavy atom. The van der Waals surface area contributed by atoms with Crippen LogP contribution in [-0.4, -0.2) is 51.1 Å². The number of anilines is 3. The zero-order valence-corrected chi connectivity index (χ0v) is 21.3. The summed E-state index contributed by atoms with van der Waals surface area (Å²) >= 11 is 0. The molecular weight excluding hydrogens is 486 g/mol. The molecule has 0 radical (unpaired) electrons. The second-order valence-electron chi connectivity index (χ2n) is 10.3. The number of hydrogen-bond acceptors (Lipinski definition) is 8. The van der Waals surface area contributed by atoms with Crippen molar-refractivity contribution in [2.24, 2.45) is 11.7 Å². The molecule has 3 aliphatic rings. The molecule has 1 aliphatic heterocycles. The van der Waals surface area contributed by atoms with Gasteiger partial charge >= 0.3 is 0 Å². The number of nitrogens with zero attached hydrogens (tertiary/aromatic N) is 4. The summed E-state index contributed by atoms with van der Waals surface area (Å²) < 4.78 is 14.1. The van der Waals surface area contributed by atoms with E-state index in [2.05, 4.69) is 20.8 Å². The van der Waals surface area contributed by atoms with Crippen molar-refractivity contribution in [3.05, 3.63) is 42.4 Å². The van der Waals surface area contributed by atoms with Crippen molar-refractivity contribution in [1.82, 2.24) is 20.0 Å². The van der Waals surface area contributed by atoms with Crippen molar-refractivity contribution < 1.29 is 19.1 Å². The number of carbonyl (C=O) groups excluding carboxylic acids is 2. The van der Waals surface area contributed by atoms with Crippen molar-refractivity contribution in [2.45, 2.75) is 56.6 Å². The van der Waals surface area contributed by atoms with E-state index in [9.17, 15) is 9.59 Å². The highest BCUT2D eigenvalue weighted by Crippen LogP contribution is 2.50. The molecule has 38 heavy (non-hydrogen) atoms. The number of methoxy groups -OCH3 is 1. The molecule has 1 saturated heterocycles. The summed E-state index contributed by atoms with van der Waals surface area (Å²) in [6.07, 6.45) is 11.1. The first-order valence-electron chi connectivity index (χ1n) is 13.1. The van der Waals surface area contributed by atoms with Crippen molar-refractivity contribution >= 4 is 29.0 Å². The molecule has 11 heteroatoms. The molecule has 0 bridgehead atoms. The smallest absolute Gasteiger partial charge is 0.271 e. The van der Waals surface area contributed by atoms with Crippen LogP contribution in [0.1, 0.15) is 61.5 Å². The normalized spacial score (nSPS) is 22.5. The fraction of sp³-hybridized carbons (Fsp3) is 0.444. The molecule has 1 spiro atoms. The summed E-state index contributed by atoms with van der Waals surface area (Å²) in [5, 5.41) is 18.6. The monoisotopic (exact) mass is 517 g/mol. The maximum absolute atomic E-state index is 12.2. The van der Waals surface area contributed by atoms with E-state index in [0.29, 0.717) is 17.1 Å². The highest BCUT2D eigenvalue weighted by Gasteiger charge is 2.50. The largest absolute Gasteiger partial charge is 0.494 e. The number of para-hydroxylation sites is 1. The molecule has 198 valence electrons. The third-order valence-corrected chi connectivity index (χ3v) is 7.78. The van der Waals surface area contributed by atoms with Crippen LogP contribution in [-0.2, 0) is 9.53 Å². The van der Waals surface area contributed by atoms with Gasteiger partial charge in [0.05, 0.1) is 36.3 Å². The summed E-state index contributed by atoms with van der Waals surface area (Å²) in [4.78, 5) is 24.3. The molecule has 11 nitrogen and oxygen atoms in total. The minimum Gasteiger partial charge on any atom is -0.494 e. The topological polar surface area (TPSA) is 146 Å². The summed E-state index contributed by atoms with van der Waals surface area (Å²) in [6.45, 7) is 0.815. The molecule has 3 heterocycles. The van der Waals surface area contributed by atoms with E-state index < -0.39 is 5.91 Å². The predicted octanol–water partition coefficient (Wildman–Crippen LogP) is 3.81. The number of benzene rings is 1. The molecule has 4 N–H and O–H groups in total. The van der Waals surface area contributed by atoms with Crippen LogP contribution in [0.25, 0.3) is 11.1 Å². The Hall–Kier alpha value is -3.99. The van der Waals surface area contributed by atoms with Gasteiger partial charge < -0.3 is 25.8 Å². The van der Waals surface area contributed by atoms with E-state index in [-0.39, 0.29) is 35.0 Å². The highest BCUT2D eigenvalue weighted by molar-refractivity contribution is 5.99. The third-order valence-electron chi connectivity index (χ3n) is 7.78. The van der Waals surface area contributed by atoms with Crippen LogP contribution >= 0.6 is 0 Å². The molecule has 3 fully saturated rings. The first-order chi connectivity index (χ1) is 18.5. The van der Waals surface area contributed by atoms with Crippen molar-refractivity contribution in [2.75, 3.05) is 24.4 Å². The lowest BCUT2D eigenvalue weighted by Crippen LogP contribution is -2.52. The minimum atomic E-state index is -0.740. The highest BCUT2D eigenvalue weighted by atomic mass is 16.5. The van der Waals surface area contributed by atoms with Gasteiger partial charge in [-0.15, -0.1) is 10.2 Å². The fourth-order valence-corrected chi connectivity index (χ4v) is 5.48. The van der Waals surface area contributed by atoms with Crippen LogP contribution in [0, 0.1) is 5.92 Å². The first kappa shape index (κ1) is 24.4. The summed E-state index contributed by atoms with van der Waals surface area (Å²) in [5.41, 5.74) is 8.08. The summed E-state index contributed by atoms with van der Waals surface area (Å²) in [7, 11) is 1.59. The maximum Gasteiger partial charge on any atom is 0.271 e. The molecular formula is C27H31N7O4. The van der Waals surface area contributed by atoms with E-state index >= 15 is 0 Å². The van der Waals surface area contributed by atoms with Crippen LogP contribution in [0.4, 0.5) is 17.2 Å². The van der Waals surface area contributed by atoms with Gasteiger partial charge in [-0.2, -0.15) is 5.10 Å². The van der Waals surface area contributed by atoms with Crippen LogP contribution < -0.4 is 21.1 Å². The van der Waals surface area contributed by atoms with Gasteiger partial charge in [-0.3, -0.25) is 14.3 Å². The van der Waals surface area contributed by atoms with Gasteiger partial charge in [0.25, 0.3) is 5.91 Å². The molecule has 3 aromatic rings. The van der Waals surface area contributed by atoms with Gasteiger partial charge in [0.15, 0.2) is 11.5 Å². The Bertz CT molecular complexity index is 1380. The Morgan fingerprint density at radius 3 is 2.71 bits per heavy atom. The van der Waals surface area contributed by atoms with Crippen molar-refractivity contribution in [1.29, 1.82) is 0 Å². The Labute approximate surface area is 220 Å². The molecule has 2 amide bonds. The SMILES string of the molecule is COc1c(Nc2cc(NC(=O)C3CC3)nnc2C(N)=O)cccc1-c1cnn([C@H]2CC[C@]23CCCCO3)c1. The van der Waals surface area contributed by atoms with E-state index in [1.807, 2.05) is 35.3 Å². The van der Waals surface area contributed by atoms with Gasteiger partial charge in [0.2, 0.25) is 5.91 Å². The maximum atomic E-state index is 12.2. The number of amides is 2. The molecule has 2 aliphatic carbocycles. The van der Waals surface area contributed by atoms with Crippen LogP contribution in [0.3, 0.4) is 0 Å². The fourth-order valence-electron chi connectivity index (χ4n) is 5.48. The standard InChI is InChI=1S/C27H31N7O4/c1-37-24-18(17-14-29-34(15-17)21-9-11-27(21)10-2-3-12-38-27)5-4-6-19(24)30-20-13-22(31-26(36)16-7-8-16)32-33-23(20)25(28)35/h4-6,13-16,21H,2-3,7-12H2,1H3,(H2,28,35)(H2,30,31,32,36)/t21-,27+/m0/s1. The lowest BCUT2D eigenvalue weighted by atomic mass is 9.70. The van der Waals surface area contributed by atoms with Gasteiger partial charge in [-0.1, -0.05) is 12.1 Å². The number of nitrogens with one attached hydrogen (secondary N) is 2. The number of hydrogen-bond donors (Lipinski definition) is 3. The molecule has 0 unspecified atom stereocenters. The third kappa shape index (κ3) is 4.47. The summed E-state index contributed by atoms with van der Waals surface area (Å²) in [6, 6.07) is 7.46. The van der Waals surface area contributed by atoms with Crippen molar-refractivity contribution in [3.8, 4) is 16.9 Å². The molecule has 2 saturated carbocycles. The molecule has 2 atom stereocenters. The van der Waals surface area contributed by atoms with Gasteiger partial charge in [0, 0.05) is 35.9 Å². The number of ether oxygens (including phenoxy) is 2. The van der Waals surface area contributed by atoms with Gasteiger partial charge in [-0.05, 0) is 51.0 Å². The number of aromatic nitrogens is 4. The summed E-state index contributed by atoms with van der Waals surface area (Å²) in [5.74, 6) is -0.0391. The second kappa shape index (κ2) is 9.71. The average molecular weight is 518 g/mol. The van der Waals surface area contributed by atoms with Crippen LogP contribution in [0.2, 0.25) is 0 Å². The first-order valence-corrected chi connectivity index (χ1v) is 13.1. The second-order valence-corrected chi connectivity index (χ2v) is 10.3. The molecule has 6 rings (SSSR count). The number of rotatable bonds is 8. The number of carbonyl (C=O) groups is 2. The zero-order chi connectivity index (χ0) is 26.3. The minimum absolute atomic E-state index is 0.00112. The number of nitrogens with two attached hydrogens (primary N) is 1. The quantitative estimate of drug-likeness (QED) is 0.409. The average Bonchev–Trinajstić information content (AvgIpc) is 3.67. The van der Waals surface area contributed by atoms with Gasteiger partial charge in [-0.25, -0.2) is 0 Å². The van der Waals surface area contributed by atoms with Gasteiger partial charge in [0.1, 0.15) is 5.75 Å². The van der Waals surface area contributed by atoms with E-state index in [0.717, 1.165) is 56.3 Å². The Balaban J connectivity index is 1.29. The predicted molar refractivity (Wildman–Crippen MR) is 140 cm³/mol. The molecule has 1 aromatic carbocycles. The Morgan fingerprint density at radius 2 is 2.03 bits per heavy atom. The van der Waals surface area contributed by atoms with E-state index in [1.165, 1.54) is 6.42 Å².